The SMILES string of the molecule is Brc1cc2c(s1)CCCC2NCCn1cccn1. The van der Waals surface area contributed by atoms with E-state index in [1.54, 1.807) is 4.88 Å². The molecule has 0 fully saturated rings. The number of fused-ring (bicyclic) bond motifs is 1. The summed E-state index contributed by atoms with van der Waals surface area (Å²) in [6, 6.07) is 4.77. The van der Waals surface area contributed by atoms with E-state index in [2.05, 4.69) is 32.4 Å². The summed E-state index contributed by atoms with van der Waals surface area (Å²) in [7, 11) is 0. The Morgan fingerprint density at radius 1 is 1.56 bits per heavy atom. The third-order valence-electron chi connectivity index (χ3n) is 3.37. The van der Waals surface area contributed by atoms with Crippen molar-refractivity contribution in [2.24, 2.45) is 0 Å². The van der Waals surface area contributed by atoms with E-state index in [-0.39, 0.29) is 0 Å². The zero-order chi connectivity index (χ0) is 12.4. The highest BCUT2D eigenvalue weighted by Gasteiger charge is 2.21. The van der Waals surface area contributed by atoms with E-state index in [1.807, 2.05) is 34.5 Å². The highest BCUT2D eigenvalue weighted by molar-refractivity contribution is 9.11. The second-order valence-corrected chi connectivity index (χ2v) is 7.11. The van der Waals surface area contributed by atoms with Gasteiger partial charge >= 0.3 is 0 Å². The summed E-state index contributed by atoms with van der Waals surface area (Å²) in [5.41, 5.74) is 1.50. The van der Waals surface area contributed by atoms with Gasteiger partial charge in [-0.1, -0.05) is 0 Å². The third kappa shape index (κ3) is 2.68. The van der Waals surface area contributed by atoms with Gasteiger partial charge in [-0.3, -0.25) is 4.68 Å². The lowest BCUT2D eigenvalue weighted by Gasteiger charge is -2.23. The molecule has 1 unspecified atom stereocenters. The van der Waals surface area contributed by atoms with Gasteiger partial charge in [0.15, 0.2) is 0 Å². The summed E-state index contributed by atoms with van der Waals surface area (Å²) in [4.78, 5) is 1.55. The quantitative estimate of drug-likeness (QED) is 0.933. The molecular weight excluding hydrogens is 310 g/mol. The second-order valence-electron chi connectivity index (χ2n) is 4.60. The first-order chi connectivity index (χ1) is 8.83. The fraction of sp³-hybridized carbons (Fsp3) is 0.462. The van der Waals surface area contributed by atoms with Gasteiger partial charge in [-0.15, -0.1) is 11.3 Å². The van der Waals surface area contributed by atoms with Crippen LogP contribution in [0.5, 0.6) is 0 Å². The van der Waals surface area contributed by atoms with Crippen molar-refractivity contribution in [1.82, 2.24) is 15.1 Å². The predicted octanol–water partition coefficient (Wildman–Crippen LogP) is 3.37. The van der Waals surface area contributed by atoms with Crippen LogP contribution in [0.15, 0.2) is 28.3 Å². The summed E-state index contributed by atoms with van der Waals surface area (Å²) in [5.74, 6) is 0. The standard InChI is InChI=1S/C13H16BrN3S/c14-13-9-10-11(3-1-4-12(10)18-13)15-6-8-17-7-2-5-16-17/h2,5,7,9,11,15H,1,3-4,6,8H2. The second kappa shape index (κ2) is 5.55. The van der Waals surface area contributed by atoms with Crippen molar-refractivity contribution < 1.29 is 0 Å². The fourth-order valence-electron chi connectivity index (χ4n) is 2.52. The van der Waals surface area contributed by atoms with Gasteiger partial charge in [0, 0.05) is 29.9 Å². The minimum Gasteiger partial charge on any atom is -0.308 e. The number of hydrogen-bond acceptors (Lipinski definition) is 3. The minimum absolute atomic E-state index is 0.520. The number of rotatable bonds is 4. The molecule has 0 bridgehead atoms. The van der Waals surface area contributed by atoms with Crippen molar-refractivity contribution in [2.45, 2.75) is 31.8 Å². The number of aromatic nitrogens is 2. The average molecular weight is 326 g/mol. The molecule has 1 aliphatic carbocycles. The smallest absolute Gasteiger partial charge is 0.0704 e. The number of nitrogens with zero attached hydrogens (tertiary/aromatic N) is 2. The van der Waals surface area contributed by atoms with Crippen molar-refractivity contribution in [2.75, 3.05) is 6.54 Å². The van der Waals surface area contributed by atoms with E-state index < -0.39 is 0 Å². The van der Waals surface area contributed by atoms with Gasteiger partial charge in [0.25, 0.3) is 0 Å². The van der Waals surface area contributed by atoms with Crippen LogP contribution in [0.25, 0.3) is 0 Å². The lowest BCUT2D eigenvalue weighted by Crippen LogP contribution is -2.27. The van der Waals surface area contributed by atoms with Crippen LogP contribution in [0.4, 0.5) is 0 Å². The number of nitrogens with one attached hydrogen (secondary N) is 1. The maximum Gasteiger partial charge on any atom is 0.0704 e. The zero-order valence-corrected chi connectivity index (χ0v) is 12.5. The highest BCUT2D eigenvalue weighted by Crippen LogP contribution is 2.37. The van der Waals surface area contributed by atoms with Crippen molar-refractivity contribution in [1.29, 1.82) is 0 Å². The number of hydrogen-bond donors (Lipinski definition) is 1. The normalized spacial score (nSPS) is 18.8. The van der Waals surface area contributed by atoms with E-state index >= 15 is 0 Å². The Labute approximate surface area is 119 Å². The summed E-state index contributed by atoms with van der Waals surface area (Å²) in [6.07, 6.45) is 7.61. The van der Waals surface area contributed by atoms with E-state index in [9.17, 15) is 0 Å². The van der Waals surface area contributed by atoms with Crippen LogP contribution in [0.1, 0.15) is 29.3 Å². The molecule has 96 valence electrons. The number of thiophene rings is 1. The molecule has 0 saturated heterocycles. The molecule has 0 amide bonds. The van der Waals surface area contributed by atoms with Crippen molar-refractivity contribution >= 4 is 27.3 Å². The van der Waals surface area contributed by atoms with Gasteiger partial charge in [0.05, 0.1) is 10.3 Å². The van der Waals surface area contributed by atoms with Gasteiger partial charge in [0.2, 0.25) is 0 Å². The number of aryl methyl sites for hydroxylation is 1. The zero-order valence-electron chi connectivity index (χ0n) is 10.1. The molecule has 3 rings (SSSR count). The monoisotopic (exact) mass is 325 g/mol. The summed E-state index contributed by atoms with van der Waals surface area (Å²) >= 11 is 5.48. The van der Waals surface area contributed by atoms with E-state index in [0.29, 0.717) is 6.04 Å². The number of halogens is 1. The van der Waals surface area contributed by atoms with Gasteiger partial charge in [-0.05, 0) is 52.9 Å². The Morgan fingerprint density at radius 2 is 2.50 bits per heavy atom. The molecule has 18 heavy (non-hydrogen) atoms. The summed E-state index contributed by atoms with van der Waals surface area (Å²) < 4.78 is 3.23. The fourth-order valence-corrected chi connectivity index (χ4v) is 4.34. The van der Waals surface area contributed by atoms with Crippen molar-refractivity contribution in [3.8, 4) is 0 Å². The van der Waals surface area contributed by atoms with Crippen molar-refractivity contribution in [3.63, 3.8) is 0 Å². The lowest BCUT2D eigenvalue weighted by atomic mass is 9.94. The van der Waals surface area contributed by atoms with Crippen LogP contribution in [0.3, 0.4) is 0 Å². The first-order valence-electron chi connectivity index (χ1n) is 6.32. The molecule has 1 N–H and O–H groups in total. The third-order valence-corrected chi connectivity index (χ3v) is 5.09. The molecule has 0 aromatic carbocycles. The first-order valence-corrected chi connectivity index (χ1v) is 7.93. The Bertz CT molecular complexity index is 506. The minimum atomic E-state index is 0.520. The maximum atomic E-state index is 4.22. The average Bonchev–Trinajstić information content (AvgIpc) is 2.97. The van der Waals surface area contributed by atoms with Gasteiger partial charge in [0.1, 0.15) is 0 Å². The van der Waals surface area contributed by atoms with E-state index in [1.165, 1.54) is 28.6 Å². The molecule has 2 heterocycles. The van der Waals surface area contributed by atoms with Crippen LogP contribution < -0.4 is 5.32 Å². The molecule has 0 saturated carbocycles. The molecule has 5 heteroatoms. The van der Waals surface area contributed by atoms with Gasteiger partial charge in [-0.2, -0.15) is 5.10 Å². The molecule has 1 atom stereocenters. The lowest BCUT2D eigenvalue weighted by molar-refractivity contribution is 0.440. The highest BCUT2D eigenvalue weighted by atomic mass is 79.9. The molecule has 0 spiro atoms. The van der Waals surface area contributed by atoms with E-state index in [0.717, 1.165) is 13.1 Å². The van der Waals surface area contributed by atoms with Crippen molar-refractivity contribution in [3.05, 3.63) is 38.8 Å². The summed E-state index contributed by atoms with van der Waals surface area (Å²) in [6.45, 7) is 1.91. The largest absolute Gasteiger partial charge is 0.308 e. The molecule has 1 aliphatic rings. The van der Waals surface area contributed by atoms with Crippen LogP contribution in [0, 0.1) is 0 Å². The Balaban J connectivity index is 1.60. The van der Waals surface area contributed by atoms with Crippen LogP contribution in [-0.2, 0) is 13.0 Å². The van der Waals surface area contributed by atoms with E-state index in [4.69, 9.17) is 0 Å². The topological polar surface area (TPSA) is 29.9 Å². The molecule has 2 aromatic heterocycles. The Hall–Kier alpha value is -0.650. The maximum absolute atomic E-state index is 4.22. The molecule has 2 aromatic rings. The molecular formula is C13H16BrN3S. The Morgan fingerprint density at radius 3 is 3.33 bits per heavy atom. The molecule has 0 radical (unpaired) electrons. The summed E-state index contributed by atoms with van der Waals surface area (Å²) in [5, 5.41) is 7.87. The van der Waals surface area contributed by atoms with Crippen LogP contribution >= 0.6 is 27.3 Å². The van der Waals surface area contributed by atoms with Crippen LogP contribution in [-0.4, -0.2) is 16.3 Å². The predicted molar refractivity (Wildman–Crippen MR) is 77.9 cm³/mol. The van der Waals surface area contributed by atoms with Crippen LogP contribution in [0.2, 0.25) is 0 Å². The molecule has 3 nitrogen and oxygen atoms in total. The first kappa shape index (κ1) is 12.4. The van der Waals surface area contributed by atoms with Gasteiger partial charge in [-0.25, -0.2) is 0 Å². The molecule has 0 aliphatic heterocycles. The Kier molecular flexibility index (Phi) is 3.82. The van der Waals surface area contributed by atoms with Gasteiger partial charge < -0.3 is 5.32 Å².